The van der Waals surface area contributed by atoms with Crippen molar-refractivity contribution >= 4 is 8.32 Å². The molecular formula is C16H30O3Si. The minimum absolute atomic E-state index is 0.356. The van der Waals surface area contributed by atoms with Crippen molar-refractivity contribution in [3.8, 4) is 0 Å². The predicted octanol–water partition coefficient (Wildman–Crippen LogP) is 4.31. The van der Waals surface area contributed by atoms with Gasteiger partial charge in [-0.1, -0.05) is 6.92 Å². The second kappa shape index (κ2) is 6.20. The molecule has 2 atom stereocenters. The highest BCUT2D eigenvalue weighted by Crippen LogP contribution is 2.36. The van der Waals surface area contributed by atoms with Gasteiger partial charge in [0.2, 0.25) is 8.32 Å². The molecule has 0 radical (unpaired) electrons. The first kappa shape index (κ1) is 16.1. The molecule has 2 unspecified atom stereocenters. The van der Waals surface area contributed by atoms with E-state index < -0.39 is 8.32 Å². The number of ether oxygens (including phenoxy) is 2. The second-order valence-corrected chi connectivity index (χ2v) is 11.8. The van der Waals surface area contributed by atoms with E-state index in [2.05, 4.69) is 39.6 Å². The molecular weight excluding hydrogens is 268 g/mol. The van der Waals surface area contributed by atoms with Gasteiger partial charge in [-0.3, -0.25) is 0 Å². The van der Waals surface area contributed by atoms with Crippen molar-refractivity contribution < 1.29 is 13.9 Å². The normalized spacial score (nSPS) is 30.1. The van der Waals surface area contributed by atoms with Gasteiger partial charge in [0.15, 0.2) is 5.79 Å². The molecule has 3 nitrogen and oxygen atoms in total. The van der Waals surface area contributed by atoms with Gasteiger partial charge in [-0.15, -0.1) is 0 Å². The molecule has 1 aliphatic carbocycles. The summed E-state index contributed by atoms with van der Waals surface area (Å²) >= 11 is 0. The van der Waals surface area contributed by atoms with E-state index in [4.69, 9.17) is 13.9 Å². The van der Waals surface area contributed by atoms with Gasteiger partial charge in [0.05, 0.1) is 19.0 Å². The smallest absolute Gasteiger partial charge is 0.241 e. The molecule has 20 heavy (non-hydrogen) atoms. The van der Waals surface area contributed by atoms with Crippen molar-refractivity contribution in [1.29, 1.82) is 0 Å². The van der Waals surface area contributed by atoms with Crippen molar-refractivity contribution in [3.05, 3.63) is 11.8 Å². The van der Waals surface area contributed by atoms with Gasteiger partial charge >= 0.3 is 0 Å². The fourth-order valence-corrected chi connectivity index (χ4v) is 4.00. The van der Waals surface area contributed by atoms with Crippen molar-refractivity contribution in [2.24, 2.45) is 11.8 Å². The Hall–Kier alpha value is -0.323. The van der Waals surface area contributed by atoms with Crippen molar-refractivity contribution in [2.45, 2.75) is 65.0 Å². The Morgan fingerprint density at radius 3 is 2.55 bits per heavy atom. The molecule has 4 heteroatoms. The fraction of sp³-hybridized carbons (Fsp3) is 0.875. The zero-order valence-corrected chi connectivity index (χ0v) is 14.7. The topological polar surface area (TPSA) is 27.7 Å². The standard InChI is InChI=1S/C16H30O3Si/c1-13-6-7-15(19-20(3,4)5)12-14(13)8-9-16(2)17-10-11-18-16/h12-14H,6-11H2,1-5H3. The molecule has 2 rings (SSSR count). The van der Waals surface area contributed by atoms with E-state index >= 15 is 0 Å². The summed E-state index contributed by atoms with van der Waals surface area (Å²) in [4.78, 5) is 0. The number of hydrogen-bond acceptors (Lipinski definition) is 3. The first-order valence-corrected chi connectivity index (χ1v) is 11.4. The molecule has 0 N–H and O–H groups in total. The molecule has 0 bridgehead atoms. The summed E-state index contributed by atoms with van der Waals surface area (Å²) in [5.74, 6) is 2.20. The Morgan fingerprint density at radius 1 is 1.30 bits per heavy atom. The van der Waals surface area contributed by atoms with Crippen LogP contribution in [0.15, 0.2) is 11.8 Å². The van der Waals surface area contributed by atoms with E-state index in [1.165, 1.54) is 12.2 Å². The lowest BCUT2D eigenvalue weighted by molar-refractivity contribution is -0.149. The quantitative estimate of drug-likeness (QED) is 0.708. The maximum absolute atomic E-state index is 6.19. The predicted molar refractivity (Wildman–Crippen MR) is 83.9 cm³/mol. The lowest BCUT2D eigenvalue weighted by Crippen LogP contribution is -2.29. The van der Waals surface area contributed by atoms with Gasteiger partial charge in [-0.05, 0) is 57.3 Å². The molecule has 0 spiro atoms. The summed E-state index contributed by atoms with van der Waals surface area (Å²) in [6.07, 6.45) is 6.81. The fourth-order valence-electron chi connectivity index (χ4n) is 3.05. The molecule has 1 heterocycles. The zero-order chi connectivity index (χ0) is 14.8. The van der Waals surface area contributed by atoms with Gasteiger partial charge in [-0.2, -0.15) is 0 Å². The molecule has 0 aromatic carbocycles. The molecule has 0 amide bonds. The van der Waals surface area contributed by atoms with Gasteiger partial charge in [-0.25, -0.2) is 0 Å². The molecule has 1 saturated heterocycles. The van der Waals surface area contributed by atoms with Crippen LogP contribution in [0.25, 0.3) is 0 Å². The second-order valence-electron chi connectivity index (χ2n) is 7.40. The Kier molecular flexibility index (Phi) is 4.98. The van der Waals surface area contributed by atoms with Crippen molar-refractivity contribution in [2.75, 3.05) is 13.2 Å². The van der Waals surface area contributed by atoms with Gasteiger partial charge in [0.25, 0.3) is 0 Å². The third-order valence-corrected chi connectivity index (χ3v) is 5.12. The average molecular weight is 298 g/mol. The van der Waals surface area contributed by atoms with Crippen LogP contribution in [0, 0.1) is 11.8 Å². The molecule has 1 aliphatic heterocycles. The van der Waals surface area contributed by atoms with E-state index in [1.54, 1.807) is 0 Å². The van der Waals surface area contributed by atoms with E-state index in [0.29, 0.717) is 5.92 Å². The molecule has 0 aromatic heterocycles. The van der Waals surface area contributed by atoms with Crippen LogP contribution in [0.4, 0.5) is 0 Å². The van der Waals surface area contributed by atoms with E-state index in [9.17, 15) is 0 Å². The third-order valence-electron chi connectivity index (χ3n) is 4.24. The Morgan fingerprint density at radius 2 is 1.95 bits per heavy atom. The van der Waals surface area contributed by atoms with Crippen molar-refractivity contribution in [3.63, 3.8) is 0 Å². The monoisotopic (exact) mass is 298 g/mol. The Balaban J connectivity index is 1.92. The molecule has 2 aliphatic rings. The minimum Gasteiger partial charge on any atom is -0.548 e. The van der Waals surface area contributed by atoms with Crippen LogP contribution in [-0.2, 0) is 13.9 Å². The number of hydrogen-bond donors (Lipinski definition) is 0. The van der Waals surface area contributed by atoms with Crippen LogP contribution < -0.4 is 0 Å². The summed E-state index contributed by atoms with van der Waals surface area (Å²) in [5, 5.41) is 0. The summed E-state index contributed by atoms with van der Waals surface area (Å²) < 4.78 is 17.6. The zero-order valence-electron chi connectivity index (χ0n) is 13.7. The molecule has 0 aromatic rings. The van der Waals surface area contributed by atoms with Crippen LogP contribution in [-0.4, -0.2) is 27.3 Å². The summed E-state index contributed by atoms with van der Waals surface area (Å²) in [7, 11) is -1.48. The summed E-state index contributed by atoms with van der Waals surface area (Å²) in [6, 6.07) is 0. The number of rotatable bonds is 5. The Labute approximate surface area is 124 Å². The van der Waals surface area contributed by atoms with Gasteiger partial charge < -0.3 is 13.9 Å². The van der Waals surface area contributed by atoms with Crippen molar-refractivity contribution in [1.82, 2.24) is 0 Å². The van der Waals surface area contributed by atoms with Crippen LogP contribution in [0.5, 0.6) is 0 Å². The van der Waals surface area contributed by atoms with Crippen LogP contribution in [0.1, 0.15) is 39.5 Å². The van der Waals surface area contributed by atoms with Crippen LogP contribution >= 0.6 is 0 Å². The van der Waals surface area contributed by atoms with Gasteiger partial charge in [0, 0.05) is 12.8 Å². The minimum atomic E-state index is -1.48. The van der Waals surface area contributed by atoms with E-state index in [1.807, 2.05) is 0 Å². The first-order valence-electron chi connectivity index (χ1n) is 7.95. The maximum Gasteiger partial charge on any atom is 0.241 e. The number of allylic oxidation sites excluding steroid dienone is 2. The summed E-state index contributed by atoms with van der Waals surface area (Å²) in [6.45, 7) is 12.6. The molecule has 0 saturated carbocycles. The SMILES string of the molecule is CC1CCC(O[Si](C)(C)C)=CC1CCC1(C)OCCO1. The molecule has 116 valence electrons. The largest absolute Gasteiger partial charge is 0.548 e. The highest BCUT2D eigenvalue weighted by molar-refractivity contribution is 6.70. The third kappa shape index (κ3) is 4.60. The van der Waals surface area contributed by atoms with Crippen LogP contribution in [0.3, 0.4) is 0 Å². The summed E-state index contributed by atoms with van der Waals surface area (Å²) in [5.41, 5.74) is 0. The average Bonchev–Trinajstić information content (AvgIpc) is 2.76. The molecule has 1 fully saturated rings. The first-order chi connectivity index (χ1) is 9.27. The van der Waals surface area contributed by atoms with E-state index in [-0.39, 0.29) is 5.79 Å². The van der Waals surface area contributed by atoms with Crippen LogP contribution in [0.2, 0.25) is 19.6 Å². The highest BCUT2D eigenvalue weighted by Gasteiger charge is 2.33. The highest BCUT2D eigenvalue weighted by atomic mass is 28.4. The Bertz CT molecular complexity index is 353. The lowest BCUT2D eigenvalue weighted by Gasteiger charge is -2.32. The van der Waals surface area contributed by atoms with Gasteiger partial charge in [0.1, 0.15) is 0 Å². The maximum atomic E-state index is 6.19. The van der Waals surface area contributed by atoms with E-state index in [0.717, 1.165) is 38.4 Å². The lowest BCUT2D eigenvalue weighted by atomic mass is 9.81.